The molecule has 0 aromatic rings. The smallest absolute Gasteiger partial charge is 0.159 e. The van der Waals surface area contributed by atoms with E-state index in [1.54, 1.807) is 0 Å². The summed E-state index contributed by atoms with van der Waals surface area (Å²) in [5.41, 5.74) is 6.63. The monoisotopic (exact) mass is 135 g/mol. The van der Waals surface area contributed by atoms with Crippen molar-refractivity contribution >= 4 is 5.78 Å². The molecule has 1 saturated carbocycles. The fraction of sp³-hybridized carbons (Fsp3) is 0.375. The van der Waals surface area contributed by atoms with Gasteiger partial charge in [-0.3, -0.25) is 4.79 Å². The van der Waals surface area contributed by atoms with E-state index < -0.39 is 0 Å². The Labute approximate surface area is 59.4 Å². The highest BCUT2D eigenvalue weighted by Crippen LogP contribution is 2.34. The highest BCUT2D eigenvalue weighted by molar-refractivity contribution is 6.03. The van der Waals surface area contributed by atoms with Gasteiger partial charge in [0.15, 0.2) is 5.78 Å². The van der Waals surface area contributed by atoms with Crippen molar-refractivity contribution in [3.05, 3.63) is 23.8 Å². The van der Waals surface area contributed by atoms with Crippen LogP contribution in [0.15, 0.2) is 23.8 Å². The molecular weight excluding hydrogens is 126 g/mol. The van der Waals surface area contributed by atoms with Crippen molar-refractivity contribution in [3.8, 4) is 0 Å². The minimum absolute atomic E-state index is 0.0812. The van der Waals surface area contributed by atoms with Crippen LogP contribution in [0.3, 0.4) is 0 Å². The molecule has 0 heterocycles. The van der Waals surface area contributed by atoms with Crippen LogP contribution in [0, 0.1) is 5.92 Å². The van der Waals surface area contributed by atoms with Crippen LogP contribution < -0.4 is 5.73 Å². The number of hydrogen-bond acceptors (Lipinski definition) is 2. The third-order valence-electron chi connectivity index (χ3n) is 2.20. The van der Waals surface area contributed by atoms with E-state index in [-0.39, 0.29) is 11.8 Å². The van der Waals surface area contributed by atoms with Crippen LogP contribution in [0.25, 0.3) is 0 Å². The molecule has 0 radical (unpaired) electrons. The van der Waals surface area contributed by atoms with E-state index >= 15 is 0 Å². The summed E-state index contributed by atoms with van der Waals surface area (Å²) < 4.78 is 0. The topological polar surface area (TPSA) is 43.1 Å². The van der Waals surface area contributed by atoms with Gasteiger partial charge in [0.05, 0.1) is 0 Å². The minimum Gasteiger partial charge on any atom is -0.324 e. The number of carbonyl (C=O) groups excluding carboxylic acids is 1. The lowest BCUT2D eigenvalue weighted by atomic mass is 9.71. The van der Waals surface area contributed by atoms with Crippen molar-refractivity contribution in [2.24, 2.45) is 11.7 Å². The van der Waals surface area contributed by atoms with Gasteiger partial charge >= 0.3 is 0 Å². The van der Waals surface area contributed by atoms with E-state index in [4.69, 9.17) is 5.73 Å². The Morgan fingerprint density at radius 3 is 3.00 bits per heavy atom. The number of allylic oxidation sites excluding steroid dienone is 2. The highest BCUT2D eigenvalue weighted by atomic mass is 16.1. The summed E-state index contributed by atoms with van der Waals surface area (Å²) in [5, 5.41) is 0. The summed E-state index contributed by atoms with van der Waals surface area (Å²) in [6, 6.07) is 0.0812. The number of Topliss-reactive ketones (excluding diaryl/α,β-unsaturated/α-hetero) is 1. The standard InChI is InChI=1S/C8H9NO/c9-7-3-1-2-5-6(7)4-8(5)10/h1-3,6-7H,4,9H2. The molecule has 2 aliphatic carbocycles. The Bertz CT molecular complexity index is 240. The number of nitrogens with two attached hydrogens (primary N) is 1. The average Bonchev–Trinajstić information content (AvgIpc) is 1.91. The molecule has 0 bridgehead atoms. The van der Waals surface area contributed by atoms with E-state index in [1.165, 1.54) is 0 Å². The van der Waals surface area contributed by atoms with Gasteiger partial charge in [-0.2, -0.15) is 0 Å². The van der Waals surface area contributed by atoms with Crippen LogP contribution in [0.2, 0.25) is 0 Å². The SMILES string of the molecule is NC1C=CC=C2C(=O)CC21. The molecule has 2 N–H and O–H groups in total. The van der Waals surface area contributed by atoms with Gasteiger partial charge in [-0.15, -0.1) is 0 Å². The lowest BCUT2D eigenvalue weighted by Gasteiger charge is -2.33. The summed E-state index contributed by atoms with van der Waals surface area (Å²) in [7, 11) is 0. The molecule has 0 spiro atoms. The molecule has 1 fully saturated rings. The van der Waals surface area contributed by atoms with Gasteiger partial charge < -0.3 is 5.73 Å². The molecule has 2 rings (SSSR count). The number of carbonyl (C=O) groups is 1. The van der Waals surface area contributed by atoms with Crippen LogP contribution >= 0.6 is 0 Å². The van der Waals surface area contributed by atoms with E-state index in [0.717, 1.165) is 5.57 Å². The maximum atomic E-state index is 10.9. The summed E-state index contributed by atoms with van der Waals surface area (Å²) in [5.74, 6) is 0.599. The van der Waals surface area contributed by atoms with Gasteiger partial charge in [-0.05, 0) is 0 Å². The lowest BCUT2D eigenvalue weighted by molar-refractivity contribution is -0.120. The zero-order chi connectivity index (χ0) is 7.14. The predicted molar refractivity (Wildman–Crippen MR) is 38.3 cm³/mol. The number of rotatable bonds is 0. The maximum Gasteiger partial charge on any atom is 0.159 e. The van der Waals surface area contributed by atoms with Crippen LogP contribution in [0.4, 0.5) is 0 Å². The van der Waals surface area contributed by atoms with E-state index in [0.29, 0.717) is 12.3 Å². The molecule has 0 aromatic carbocycles. The molecule has 2 nitrogen and oxygen atoms in total. The summed E-state index contributed by atoms with van der Waals surface area (Å²) in [4.78, 5) is 10.9. The molecular formula is C8H9NO. The first-order chi connectivity index (χ1) is 4.79. The Kier molecular flexibility index (Phi) is 1.05. The minimum atomic E-state index is 0.0812. The highest BCUT2D eigenvalue weighted by Gasteiger charge is 2.37. The second kappa shape index (κ2) is 1.80. The third kappa shape index (κ3) is 0.596. The Morgan fingerprint density at radius 1 is 1.60 bits per heavy atom. The number of ketones is 1. The van der Waals surface area contributed by atoms with Crippen LogP contribution in [-0.4, -0.2) is 11.8 Å². The van der Waals surface area contributed by atoms with Gasteiger partial charge in [0, 0.05) is 24.0 Å². The number of fused-ring (bicyclic) bond motifs is 1. The molecule has 0 aliphatic heterocycles. The van der Waals surface area contributed by atoms with Crippen molar-refractivity contribution in [1.82, 2.24) is 0 Å². The summed E-state index contributed by atoms with van der Waals surface area (Å²) in [6.07, 6.45) is 6.34. The molecule has 2 aliphatic rings. The zero-order valence-corrected chi connectivity index (χ0v) is 5.58. The van der Waals surface area contributed by atoms with E-state index in [2.05, 4.69) is 0 Å². The molecule has 52 valence electrons. The molecule has 2 atom stereocenters. The maximum absolute atomic E-state index is 10.9. The van der Waals surface area contributed by atoms with Crippen molar-refractivity contribution in [1.29, 1.82) is 0 Å². The Morgan fingerprint density at radius 2 is 2.40 bits per heavy atom. The molecule has 0 saturated heterocycles. The van der Waals surface area contributed by atoms with Gasteiger partial charge in [0.2, 0.25) is 0 Å². The van der Waals surface area contributed by atoms with Crippen LogP contribution in [-0.2, 0) is 4.79 Å². The zero-order valence-electron chi connectivity index (χ0n) is 5.58. The second-order valence-corrected chi connectivity index (χ2v) is 2.82. The van der Waals surface area contributed by atoms with Crippen molar-refractivity contribution in [2.75, 3.05) is 0 Å². The van der Waals surface area contributed by atoms with Crippen molar-refractivity contribution in [3.63, 3.8) is 0 Å². The van der Waals surface area contributed by atoms with Gasteiger partial charge in [0.1, 0.15) is 0 Å². The van der Waals surface area contributed by atoms with Gasteiger partial charge in [0.25, 0.3) is 0 Å². The molecule has 0 amide bonds. The summed E-state index contributed by atoms with van der Waals surface area (Å²) >= 11 is 0. The largest absolute Gasteiger partial charge is 0.324 e. The first kappa shape index (κ1) is 5.86. The molecule has 2 heteroatoms. The first-order valence-electron chi connectivity index (χ1n) is 3.46. The van der Waals surface area contributed by atoms with Crippen LogP contribution in [0.1, 0.15) is 6.42 Å². The van der Waals surface area contributed by atoms with Crippen LogP contribution in [0.5, 0.6) is 0 Å². The fourth-order valence-electron chi connectivity index (χ4n) is 1.48. The van der Waals surface area contributed by atoms with Gasteiger partial charge in [-0.25, -0.2) is 0 Å². The average molecular weight is 135 g/mol. The number of hydrogen-bond donors (Lipinski definition) is 1. The van der Waals surface area contributed by atoms with Crippen molar-refractivity contribution < 1.29 is 4.79 Å². The lowest BCUT2D eigenvalue weighted by Crippen LogP contribution is -2.42. The molecule has 10 heavy (non-hydrogen) atoms. The fourth-order valence-corrected chi connectivity index (χ4v) is 1.48. The third-order valence-corrected chi connectivity index (χ3v) is 2.20. The second-order valence-electron chi connectivity index (χ2n) is 2.82. The van der Waals surface area contributed by atoms with Crippen molar-refractivity contribution in [2.45, 2.75) is 12.5 Å². The van der Waals surface area contributed by atoms with E-state index in [1.807, 2.05) is 18.2 Å². The normalized spacial score (nSPS) is 36.5. The molecule has 0 aromatic heterocycles. The molecule has 2 unspecified atom stereocenters. The Balaban J connectivity index is 2.30. The summed E-state index contributed by atoms with van der Waals surface area (Å²) in [6.45, 7) is 0. The quantitative estimate of drug-likeness (QED) is 0.522. The predicted octanol–water partition coefficient (Wildman–Crippen LogP) is 0.399. The van der Waals surface area contributed by atoms with E-state index in [9.17, 15) is 4.79 Å². The first-order valence-corrected chi connectivity index (χ1v) is 3.46. The van der Waals surface area contributed by atoms with Gasteiger partial charge in [-0.1, -0.05) is 18.2 Å². The Hall–Kier alpha value is -0.890.